The average molecular weight is 356 g/mol. The first-order valence-electron chi connectivity index (χ1n) is 8.18. The van der Waals surface area contributed by atoms with Gasteiger partial charge in [-0.15, -0.1) is 10.2 Å². The van der Waals surface area contributed by atoms with Crippen molar-refractivity contribution in [1.29, 1.82) is 0 Å². The molecule has 25 heavy (non-hydrogen) atoms. The zero-order chi connectivity index (χ0) is 17.6. The van der Waals surface area contributed by atoms with Crippen LogP contribution in [0.15, 0.2) is 45.6 Å². The molecule has 3 heterocycles. The lowest BCUT2D eigenvalue weighted by Crippen LogP contribution is -2.36. The van der Waals surface area contributed by atoms with Crippen LogP contribution in [0.3, 0.4) is 0 Å². The Morgan fingerprint density at radius 2 is 2.16 bits per heavy atom. The number of aryl methyl sites for hydroxylation is 1. The molecule has 0 radical (unpaired) electrons. The van der Waals surface area contributed by atoms with Gasteiger partial charge >= 0.3 is 0 Å². The number of amides is 1. The van der Waals surface area contributed by atoms with Crippen LogP contribution in [-0.4, -0.2) is 32.0 Å². The largest absolute Gasteiger partial charge is 0.421 e. The Bertz CT molecular complexity index is 800. The number of aromatic nitrogens is 3. The van der Waals surface area contributed by atoms with Crippen molar-refractivity contribution in [2.24, 2.45) is 0 Å². The van der Waals surface area contributed by atoms with Crippen molar-refractivity contribution >= 4 is 17.2 Å². The number of carbonyl (C=O) groups is 1. The van der Waals surface area contributed by atoms with Crippen molar-refractivity contribution in [2.75, 3.05) is 0 Å². The molecular formula is C18H20N4O2S. The van der Waals surface area contributed by atoms with Crippen LogP contribution in [0.5, 0.6) is 0 Å². The minimum absolute atomic E-state index is 0.0518. The number of carbonyl (C=O) groups excluding carboxylic acids is 1. The van der Waals surface area contributed by atoms with Crippen molar-refractivity contribution in [3.05, 3.63) is 52.8 Å². The monoisotopic (exact) mass is 356 g/mol. The fourth-order valence-electron chi connectivity index (χ4n) is 2.44. The van der Waals surface area contributed by atoms with E-state index in [4.69, 9.17) is 4.42 Å². The highest BCUT2D eigenvalue weighted by atomic mass is 32.1. The molecule has 0 aliphatic heterocycles. The second-order valence-electron chi connectivity index (χ2n) is 5.95. The molecule has 7 heteroatoms. The third-order valence-corrected chi connectivity index (χ3v) is 4.47. The first-order valence-corrected chi connectivity index (χ1v) is 9.12. The molecule has 0 aliphatic rings. The maximum atomic E-state index is 12.6. The molecule has 3 aromatic rings. The van der Waals surface area contributed by atoms with Gasteiger partial charge in [-0.05, 0) is 37.4 Å². The van der Waals surface area contributed by atoms with Gasteiger partial charge in [-0.3, -0.25) is 9.78 Å². The molecule has 0 saturated heterocycles. The molecule has 1 amide bonds. The topological polar surface area (TPSA) is 72.1 Å². The highest BCUT2D eigenvalue weighted by Crippen LogP contribution is 2.21. The predicted octanol–water partition coefficient (Wildman–Crippen LogP) is 3.56. The van der Waals surface area contributed by atoms with Crippen molar-refractivity contribution < 1.29 is 9.21 Å². The fraction of sp³-hybridized carbons (Fsp3) is 0.333. The van der Waals surface area contributed by atoms with Gasteiger partial charge in [-0.2, -0.15) is 11.3 Å². The summed E-state index contributed by atoms with van der Waals surface area (Å²) in [6, 6.07) is 7.74. The van der Waals surface area contributed by atoms with E-state index in [2.05, 4.69) is 15.2 Å². The third kappa shape index (κ3) is 4.51. The van der Waals surface area contributed by atoms with Gasteiger partial charge in [0.05, 0.1) is 12.2 Å². The summed E-state index contributed by atoms with van der Waals surface area (Å²) in [7, 11) is 0. The van der Waals surface area contributed by atoms with Crippen LogP contribution in [0.25, 0.3) is 11.5 Å². The van der Waals surface area contributed by atoms with E-state index < -0.39 is 0 Å². The summed E-state index contributed by atoms with van der Waals surface area (Å²) >= 11 is 1.58. The van der Waals surface area contributed by atoms with Crippen LogP contribution in [0, 0.1) is 0 Å². The van der Waals surface area contributed by atoms with E-state index in [0.29, 0.717) is 31.2 Å². The first-order chi connectivity index (χ1) is 12.1. The SMILES string of the molecule is CC(C)N(Cc1ccccn1)C(=O)CCc1nnc(-c2ccsc2)o1. The molecule has 0 aliphatic carbocycles. The zero-order valence-electron chi connectivity index (χ0n) is 14.3. The normalized spacial score (nSPS) is 11.0. The number of pyridine rings is 1. The number of hydrogen-bond acceptors (Lipinski definition) is 6. The number of nitrogens with zero attached hydrogens (tertiary/aromatic N) is 4. The summed E-state index contributed by atoms with van der Waals surface area (Å²) in [4.78, 5) is 18.7. The highest BCUT2D eigenvalue weighted by Gasteiger charge is 2.19. The summed E-state index contributed by atoms with van der Waals surface area (Å²) in [5, 5.41) is 12.0. The second kappa shape index (κ2) is 8.02. The van der Waals surface area contributed by atoms with Gasteiger partial charge in [-0.1, -0.05) is 6.07 Å². The number of rotatable bonds is 7. The zero-order valence-corrected chi connectivity index (χ0v) is 15.1. The van der Waals surface area contributed by atoms with Gasteiger partial charge in [-0.25, -0.2) is 0 Å². The van der Waals surface area contributed by atoms with E-state index in [1.54, 1.807) is 17.5 Å². The maximum absolute atomic E-state index is 12.6. The van der Waals surface area contributed by atoms with Crippen LogP contribution in [0.4, 0.5) is 0 Å². The van der Waals surface area contributed by atoms with Crippen molar-refractivity contribution in [2.45, 2.75) is 39.3 Å². The highest BCUT2D eigenvalue weighted by molar-refractivity contribution is 7.08. The molecule has 0 N–H and O–H groups in total. The smallest absolute Gasteiger partial charge is 0.248 e. The Balaban J connectivity index is 1.60. The standard InChI is InChI=1S/C18H20N4O2S/c1-13(2)22(11-15-5-3-4-9-19-15)17(23)7-6-16-20-21-18(24-16)14-8-10-25-12-14/h3-5,8-10,12-13H,6-7,11H2,1-2H3. The predicted molar refractivity (Wildman–Crippen MR) is 95.9 cm³/mol. The molecule has 130 valence electrons. The van der Waals surface area contributed by atoms with E-state index >= 15 is 0 Å². The molecule has 0 aromatic carbocycles. The second-order valence-corrected chi connectivity index (χ2v) is 6.73. The molecule has 0 bridgehead atoms. The lowest BCUT2D eigenvalue weighted by Gasteiger charge is -2.26. The van der Waals surface area contributed by atoms with Crippen LogP contribution < -0.4 is 0 Å². The van der Waals surface area contributed by atoms with Gasteiger partial charge in [0, 0.05) is 36.0 Å². The van der Waals surface area contributed by atoms with E-state index in [-0.39, 0.29) is 11.9 Å². The lowest BCUT2D eigenvalue weighted by molar-refractivity contribution is -0.133. The molecule has 3 rings (SSSR count). The lowest BCUT2D eigenvalue weighted by atomic mass is 10.2. The Kier molecular flexibility index (Phi) is 5.55. The molecule has 0 saturated carbocycles. The van der Waals surface area contributed by atoms with Crippen LogP contribution in [0.1, 0.15) is 31.9 Å². The number of thiophene rings is 1. The quantitative estimate of drug-likeness (QED) is 0.647. The van der Waals surface area contributed by atoms with E-state index in [9.17, 15) is 4.79 Å². The van der Waals surface area contributed by atoms with Gasteiger partial charge in [0.25, 0.3) is 0 Å². The summed E-state index contributed by atoms with van der Waals surface area (Å²) < 4.78 is 5.64. The molecule has 3 aromatic heterocycles. The molecule has 0 atom stereocenters. The van der Waals surface area contributed by atoms with Crippen LogP contribution in [-0.2, 0) is 17.8 Å². The summed E-state index contributed by atoms with van der Waals surface area (Å²) in [6.07, 6.45) is 2.50. The summed E-state index contributed by atoms with van der Waals surface area (Å²) in [5.74, 6) is 1.03. The number of hydrogen-bond donors (Lipinski definition) is 0. The van der Waals surface area contributed by atoms with Crippen molar-refractivity contribution in [3.8, 4) is 11.5 Å². The van der Waals surface area contributed by atoms with Crippen molar-refractivity contribution in [1.82, 2.24) is 20.1 Å². The van der Waals surface area contributed by atoms with Crippen LogP contribution in [0.2, 0.25) is 0 Å². The molecule has 6 nitrogen and oxygen atoms in total. The van der Waals surface area contributed by atoms with Crippen LogP contribution >= 0.6 is 11.3 Å². The Morgan fingerprint density at radius 1 is 1.28 bits per heavy atom. The minimum atomic E-state index is 0.0518. The van der Waals surface area contributed by atoms with Gasteiger partial charge in [0.15, 0.2) is 0 Å². The maximum Gasteiger partial charge on any atom is 0.248 e. The van der Waals surface area contributed by atoms with Gasteiger partial charge in [0.1, 0.15) is 0 Å². The first kappa shape index (κ1) is 17.3. The minimum Gasteiger partial charge on any atom is -0.421 e. The van der Waals surface area contributed by atoms with E-state index in [0.717, 1.165) is 11.3 Å². The van der Waals surface area contributed by atoms with Crippen molar-refractivity contribution in [3.63, 3.8) is 0 Å². The third-order valence-electron chi connectivity index (χ3n) is 3.79. The molecule has 0 fully saturated rings. The molecule has 0 unspecified atom stereocenters. The molecule has 0 spiro atoms. The average Bonchev–Trinajstić information content (AvgIpc) is 3.29. The Hall–Kier alpha value is -2.54. The Morgan fingerprint density at radius 3 is 2.84 bits per heavy atom. The van der Waals surface area contributed by atoms with E-state index in [1.807, 2.05) is 53.8 Å². The fourth-order valence-corrected chi connectivity index (χ4v) is 3.07. The summed E-state index contributed by atoms with van der Waals surface area (Å²) in [6.45, 7) is 4.51. The summed E-state index contributed by atoms with van der Waals surface area (Å²) in [5.41, 5.74) is 1.79. The molecular weight excluding hydrogens is 336 g/mol. The van der Waals surface area contributed by atoms with Gasteiger partial charge < -0.3 is 9.32 Å². The van der Waals surface area contributed by atoms with Gasteiger partial charge in [0.2, 0.25) is 17.7 Å². The Labute approximate surface area is 150 Å². The van der Waals surface area contributed by atoms with E-state index in [1.165, 1.54) is 0 Å².